The number of methoxy groups -OCH3 is 1. The summed E-state index contributed by atoms with van der Waals surface area (Å²) in [7, 11) is 3.05. The van der Waals surface area contributed by atoms with Gasteiger partial charge < -0.3 is 19.9 Å². The molecule has 0 atom stereocenters. The zero-order valence-corrected chi connectivity index (χ0v) is 18.2. The van der Waals surface area contributed by atoms with E-state index in [2.05, 4.69) is 34.2 Å². The molecule has 0 spiro atoms. The van der Waals surface area contributed by atoms with E-state index in [9.17, 15) is 9.59 Å². The van der Waals surface area contributed by atoms with Gasteiger partial charge in [-0.2, -0.15) is 0 Å². The van der Waals surface area contributed by atoms with E-state index in [0.717, 1.165) is 49.0 Å². The average molecular weight is 421 g/mol. The fourth-order valence-electron chi connectivity index (χ4n) is 4.08. The van der Waals surface area contributed by atoms with Crippen molar-refractivity contribution in [2.75, 3.05) is 57.1 Å². The summed E-state index contributed by atoms with van der Waals surface area (Å²) in [5, 5.41) is 3.18. The number of hydrogen-bond acceptors (Lipinski definition) is 6. The van der Waals surface area contributed by atoms with E-state index >= 15 is 0 Å². The van der Waals surface area contributed by atoms with E-state index < -0.39 is 0 Å². The van der Waals surface area contributed by atoms with Gasteiger partial charge in [0.1, 0.15) is 11.4 Å². The minimum Gasteiger partial charge on any atom is -0.496 e. The number of amides is 2. The predicted molar refractivity (Wildman–Crippen MR) is 122 cm³/mol. The number of nitrogens with zero attached hydrogens (tertiary/aromatic N) is 3. The third-order valence-electron chi connectivity index (χ3n) is 5.98. The van der Waals surface area contributed by atoms with Crippen molar-refractivity contribution in [2.45, 2.75) is 6.92 Å². The van der Waals surface area contributed by atoms with E-state index in [1.807, 2.05) is 24.3 Å². The van der Waals surface area contributed by atoms with Crippen molar-refractivity contribution in [2.24, 2.45) is 0 Å². The van der Waals surface area contributed by atoms with Crippen molar-refractivity contribution >= 4 is 28.8 Å². The second-order valence-corrected chi connectivity index (χ2v) is 7.71. The van der Waals surface area contributed by atoms with Crippen LogP contribution in [0.5, 0.6) is 5.75 Å². The Balaban J connectivity index is 1.60. The minimum atomic E-state index is -0.356. The average Bonchev–Trinajstić information content (AvgIpc) is 3.03. The lowest BCUT2D eigenvalue weighted by molar-refractivity contribution is -0.135. The number of piperazine rings is 1. The molecule has 2 aliphatic heterocycles. The summed E-state index contributed by atoms with van der Waals surface area (Å²) < 4.78 is 5.42. The van der Waals surface area contributed by atoms with Gasteiger partial charge in [0.2, 0.25) is 0 Å². The number of benzene rings is 2. The topological polar surface area (TPSA) is 65.1 Å². The molecule has 2 heterocycles. The molecule has 2 aromatic carbocycles. The highest BCUT2D eigenvalue weighted by atomic mass is 16.5. The first-order valence-electron chi connectivity index (χ1n) is 10.6. The largest absolute Gasteiger partial charge is 0.496 e. The Morgan fingerprint density at radius 2 is 1.61 bits per heavy atom. The van der Waals surface area contributed by atoms with E-state index in [-0.39, 0.29) is 17.5 Å². The van der Waals surface area contributed by atoms with Crippen molar-refractivity contribution in [1.29, 1.82) is 0 Å². The highest BCUT2D eigenvalue weighted by molar-refractivity contribution is 6.36. The van der Waals surface area contributed by atoms with Crippen LogP contribution < -0.4 is 15.0 Å². The molecule has 7 nitrogen and oxygen atoms in total. The molecule has 31 heavy (non-hydrogen) atoms. The first-order chi connectivity index (χ1) is 15.0. The van der Waals surface area contributed by atoms with Gasteiger partial charge in [-0.3, -0.25) is 14.5 Å². The third-order valence-corrected chi connectivity index (χ3v) is 5.98. The molecular formula is C24H28N4O3. The Hall–Kier alpha value is -3.32. The zero-order chi connectivity index (χ0) is 22.0. The molecule has 1 fully saturated rings. The Labute approximate surface area is 182 Å². The quantitative estimate of drug-likeness (QED) is 0.725. The molecule has 162 valence electrons. The van der Waals surface area contributed by atoms with Crippen LogP contribution in [0.2, 0.25) is 0 Å². The Bertz CT molecular complexity index is 1010. The maximum Gasteiger partial charge on any atom is 0.277 e. The molecule has 1 N–H and O–H groups in total. The lowest BCUT2D eigenvalue weighted by atomic mass is 10.0. The van der Waals surface area contributed by atoms with E-state index in [1.165, 1.54) is 7.05 Å². The van der Waals surface area contributed by atoms with Crippen LogP contribution >= 0.6 is 0 Å². The molecule has 2 aliphatic rings. The second kappa shape index (κ2) is 8.81. The van der Waals surface area contributed by atoms with Crippen LogP contribution in [-0.4, -0.2) is 68.5 Å². The van der Waals surface area contributed by atoms with Gasteiger partial charge in [-0.25, -0.2) is 0 Å². The number of carbonyl (C=O) groups is 2. The number of rotatable bonds is 6. The van der Waals surface area contributed by atoms with Crippen LogP contribution in [0.4, 0.5) is 11.4 Å². The molecule has 7 heteroatoms. The number of hydrogen-bond donors (Lipinski definition) is 1. The maximum atomic E-state index is 12.8. The van der Waals surface area contributed by atoms with Crippen LogP contribution in [0.15, 0.2) is 54.2 Å². The minimum absolute atomic E-state index is 0.265. The summed E-state index contributed by atoms with van der Waals surface area (Å²) in [6.07, 6.45) is 0. The van der Waals surface area contributed by atoms with Gasteiger partial charge >= 0.3 is 0 Å². The summed E-state index contributed by atoms with van der Waals surface area (Å²) >= 11 is 0. The maximum absolute atomic E-state index is 12.8. The van der Waals surface area contributed by atoms with Crippen molar-refractivity contribution in [1.82, 2.24) is 9.80 Å². The van der Waals surface area contributed by atoms with Crippen molar-refractivity contribution < 1.29 is 14.3 Å². The van der Waals surface area contributed by atoms with Gasteiger partial charge in [0.05, 0.1) is 12.7 Å². The number of imide groups is 1. The van der Waals surface area contributed by atoms with Crippen molar-refractivity contribution in [3.05, 3.63) is 59.8 Å². The number of nitrogens with one attached hydrogen (secondary N) is 1. The molecule has 4 rings (SSSR count). The molecule has 0 unspecified atom stereocenters. The normalized spacial score (nSPS) is 17.5. The Kier molecular flexibility index (Phi) is 5.95. The summed E-state index contributed by atoms with van der Waals surface area (Å²) in [4.78, 5) is 31.6. The molecule has 0 radical (unpaired) electrons. The lowest BCUT2D eigenvalue weighted by Crippen LogP contribution is -2.46. The molecular weight excluding hydrogens is 392 g/mol. The van der Waals surface area contributed by atoms with Crippen LogP contribution in [0.25, 0.3) is 5.57 Å². The van der Waals surface area contributed by atoms with Crippen molar-refractivity contribution in [3.63, 3.8) is 0 Å². The van der Waals surface area contributed by atoms with Crippen LogP contribution in [-0.2, 0) is 9.59 Å². The first kappa shape index (κ1) is 20.9. The fourth-order valence-corrected chi connectivity index (χ4v) is 4.08. The standard InChI is InChI=1S/C24H28N4O3/c1-4-27-13-15-28(16-14-27)18-11-9-17(10-12-18)25-22-21(23(29)26(2)24(22)30)19-7-5-6-8-20(19)31-3/h5-12,25H,4,13-16H2,1-3H3. The number of anilines is 2. The molecule has 2 amide bonds. The smallest absolute Gasteiger partial charge is 0.277 e. The van der Waals surface area contributed by atoms with Crippen LogP contribution in [0.1, 0.15) is 12.5 Å². The molecule has 1 saturated heterocycles. The second-order valence-electron chi connectivity index (χ2n) is 7.71. The van der Waals surface area contributed by atoms with Gasteiger partial charge in [-0.1, -0.05) is 25.1 Å². The van der Waals surface area contributed by atoms with Crippen molar-refractivity contribution in [3.8, 4) is 5.75 Å². The van der Waals surface area contributed by atoms with Gasteiger partial charge in [0, 0.05) is 50.2 Å². The number of likely N-dealkylation sites (N-methyl/N-ethyl adjacent to an activating group) is 2. The van der Waals surface area contributed by atoms with Gasteiger partial charge in [-0.15, -0.1) is 0 Å². The van der Waals surface area contributed by atoms with Crippen LogP contribution in [0.3, 0.4) is 0 Å². The number of ether oxygens (including phenoxy) is 1. The number of para-hydroxylation sites is 1. The monoisotopic (exact) mass is 420 g/mol. The summed E-state index contributed by atoms with van der Waals surface area (Å²) in [5.41, 5.74) is 3.10. The Morgan fingerprint density at radius 3 is 2.26 bits per heavy atom. The van der Waals surface area contributed by atoms with E-state index in [1.54, 1.807) is 19.2 Å². The first-order valence-corrected chi connectivity index (χ1v) is 10.6. The van der Waals surface area contributed by atoms with Gasteiger partial charge in [-0.05, 0) is 36.9 Å². The third kappa shape index (κ3) is 4.01. The fraction of sp³-hybridized carbons (Fsp3) is 0.333. The zero-order valence-electron chi connectivity index (χ0n) is 18.2. The van der Waals surface area contributed by atoms with Gasteiger partial charge in [0.25, 0.3) is 11.8 Å². The van der Waals surface area contributed by atoms with Crippen LogP contribution in [0, 0.1) is 0 Å². The summed E-state index contributed by atoms with van der Waals surface area (Å²) in [6, 6.07) is 15.2. The molecule has 0 aliphatic carbocycles. The summed E-state index contributed by atoms with van der Waals surface area (Å²) in [5.74, 6) is -0.150. The van der Waals surface area contributed by atoms with E-state index in [0.29, 0.717) is 16.9 Å². The molecule has 0 saturated carbocycles. The molecule has 0 aromatic heterocycles. The highest BCUT2D eigenvalue weighted by Crippen LogP contribution is 2.34. The summed E-state index contributed by atoms with van der Waals surface area (Å²) in [6.45, 7) is 7.41. The highest BCUT2D eigenvalue weighted by Gasteiger charge is 2.38. The predicted octanol–water partition coefficient (Wildman–Crippen LogP) is 2.66. The van der Waals surface area contributed by atoms with E-state index in [4.69, 9.17) is 4.74 Å². The molecule has 0 bridgehead atoms. The Morgan fingerprint density at radius 1 is 0.935 bits per heavy atom. The SMILES string of the molecule is CCN1CCN(c2ccc(NC3=C(c4ccccc4OC)C(=O)N(C)C3=O)cc2)CC1. The van der Waals surface area contributed by atoms with Gasteiger partial charge in [0.15, 0.2) is 0 Å². The number of carbonyl (C=O) groups excluding carboxylic acids is 2. The molecule has 2 aromatic rings. The lowest BCUT2D eigenvalue weighted by Gasteiger charge is -2.35.